The van der Waals surface area contributed by atoms with Gasteiger partial charge in [-0.1, -0.05) is 6.07 Å². The van der Waals surface area contributed by atoms with E-state index in [0.29, 0.717) is 37.2 Å². The van der Waals surface area contributed by atoms with Crippen molar-refractivity contribution in [3.63, 3.8) is 0 Å². The third-order valence-electron chi connectivity index (χ3n) is 4.28. The minimum atomic E-state index is -0.184. The van der Waals surface area contributed by atoms with Crippen molar-refractivity contribution in [1.29, 1.82) is 0 Å². The molecule has 2 N–H and O–H groups in total. The van der Waals surface area contributed by atoms with Gasteiger partial charge in [-0.25, -0.2) is 0 Å². The first kappa shape index (κ1) is 19.6. The summed E-state index contributed by atoms with van der Waals surface area (Å²) in [5.41, 5.74) is 1.12. The number of anilines is 1. The predicted octanol–water partition coefficient (Wildman–Crippen LogP) is 1.73. The highest BCUT2D eigenvalue weighted by atomic mass is 16.2. The van der Waals surface area contributed by atoms with Crippen LogP contribution in [-0.4, -0.2) is 47.5 Å². The molecule has 2 rings (SSSR count). The number of carbonyl (C=O) groups excluding carboxylic acids is 4. The second-order valence-corrected chi connectivity index (χ2v) is 6.60. The topological polar surface area (TPSA) is 95.6 Å². The van der Waals surface area contributed by atoms with Gasteiger partial charge in [-0.3, -0.25) is 14.4 Å². The molecule has 140 valence electrons. The number of amides is 3. The number of carbonyl (C=O) groups is 4. The summed E-state index contributed by atoms with van der Waals surface area (Å²) in [6.07, 6.45) is 1.84. The van der Waals surface area contributed by atoms with Gasteiger partial charge in [-0.2, -0.15) is 0 Å². The van der Waals surface area contributed by atoms with Gasteiger partial charge in [0.15, 0.2) is 0 Å². The molecular formula is C19H25N3O4. The van der Waals surface area contributed by atoms with E-state index < -0.39 is 0 Å². The van der Waals surface area contributed by atoms with Crippen LogP contribution in [0.25, 0.3) is 0 Å². The van der Waals surface area contributed by atoms with Crippen LogP contribution in [0, 0.1) is 0 Å². The number of benzene rings is 1. The minimum absolute atomic E-state index is 0.00191. The van der Waals surface area contributed by atoms with Crippen molar-refractivity contribution in [2.45, 2.75) is 45.6 Å². The average molecular weight is 359 g/mol. The Kier molecular flexibility index (Phi) is 6.89. The Morgan fingerprint density at radius 1 is 1.08 bits per heavy atom. The monoisotopic (exact) mass is 359 g/mol. The molecule has 0 aliphatic carbocycles. The van der Waals surface area contributed by atoms with Crippen LogP contribution in [0.3, 0.4) is 0 Å². The summed E-state index contributed by atoms with van der Waals surface area (Å²) in [6, 6.07) is 6.90. The molecule has 7 nitrogen and oxygen atoms in total. The van der Waals surface area contributed by atoms with Gasteiger partial charge in [0, 0.05) is 50.1 Å². The normalized spacial score (nSPS) is 14.6. The molecule has 0 atom stereocenters. The molecule has 0 bridgehead atoms. The van der Waals surface area contributed by atoms with Crippen LogP contribution in [-0.2, 0) is 14.4 Å². The molecule has 7 heteroatoms. The number of nitrogens with one attached hydrogen (secondary N) is 2. The van der Waals surface area contributed by atoms with Gasteiger partial charge in [0.25, 0.3) is 5.91 Å². The van der Waals surface area contributed by atoms with Crippen molar-refractivity contribution in [3.8, 4) is 0 Å². The standard InChI is InChI=1S/C19H25N3O4/c1-13(23)6-7-18(25)21-16-8-10-22(11-9-16)19(26)15-4-3-5-17(12-15)20-14(2)24/h3-5,12,16H,6-11H2,1-2H3,(H,20,24)(H,21,25). The molecule has 1 aromatic rings. The number of piperidine rings is 1. The van der Waals surface area contributed by atoms with Crippen LogP contribution < -0.4 is 10.6 Å². The van der Waals surface area contributed by atoms with Crippen LogP contribution in [0.2, 0.25) is 0 Å². The summed E-state index contributed by atoms with van der Waals surface area (Å²) in [5.74, 6) is -0.385. The van der Waals surface area contributed by atoms with E-state index in [1.54, 1.807) is 29.2 Å². The lowest BCUT2D eigenvalue weighted by Gasteiger charge is -2.32. The van der Waals surface area contributed by atoms with Crippen LogP contribution in [0.15, 0.2) is 24.3 Å². The van der Waals surface area contributed by atoms with Crippen molar-refractivity contribution in [2.75, 3.05) is 18.4 Å². The van der Waals surface area contributed by atoms with Crippen molar-refractivity contribution in [2.24, 2.45) is 0 Å². The highest BCUT2D eigenvalue weighted by molar-refractivity contribution is 5.96. The number of hydrogen-bond donors (Lipinski definition) is 2. The maximum Gasteiger partial charge on any atom is 0.253 e. The van der Waals surface area contributed by atoms with E-state index in [4.69, 9.17) is 0 Å². The maximum atomic E-state index is 12.6. The Morgan fingerprint density at radius 3 is 2.38 bits per heavy atom. The fraction of sp³-hybridized carbons (Fsp3) is 0.474. The fourth-order valence-electron chi connectivity index (χ4n) is 2.93. The molecule has 0 radical (unpaired) electrons. The van der Waals surface area contributed by atoms with Crippen LogP contribution in [0.1, 0.15) is 49.9 Å². The molecule has 26 heavy (non-hydrogen) atoms. The van der Waals surface area contributed by atoms with E-state index >= 15 is 0 Å². The molecule has 3 amide bonds. The van der Waals surface area contributed by atoms with E-state index in [0.717, 1.165) is 0 Å². The summed E-state index contributed by atoms with van der Waals surface area (Å²) in [4.78, 5) is 48.3. The van der Waals surface area contributed by atoms with Gasteiger partial charge >= 0.3 is 0 Å². The van der Waals surface area contributed by atoms with Gasteiger partial charge in [-0.15, -0.1) is 0 Å². The number of likely N-dealkylation sites (tertiary alicyclic amines) is 1. The third-order valence-corrected chi connectivity index (χ3v) is 4.28. The zero-order chi connectivity index (χ0) is 19.1. The molecule has 0 aromatic heterocycles. The predicted molar refractivity (Wildman–Crippen MR) is 97.7 cm³/mol. The Labute approximate surface area is 153 Å². The highest BCUT2D eigenvalue weighted by Gasteiger charge is 2.24. The molecule has 0 unspecified atom stereocenters. The van der Waals surface area contributed by atoms with Gasteiger partial charge < -0.3 is 20.3 Å². The van der Waals surface area contributed by atoms with E-state index in [9.17, 15) is 19.2 Å². The van der Waals surface area contributed by atoms with Crippen molar-refractivity contribution in [1.82, 2.24) is 10.2 Å². The first-order valence-corrected chi connectivity index (χ1v) is 8.81. The molecule has 1 aliphatic rings. The van der Waals surface area contributed by atoms with E-state index in [1.807, 2.05) is 0 Å². The zero-order valence-electron chi connectivity index (χ0n) is 15.2. The molecule has 1 aliphatic heterocycles. The van der Waals surface area contributed by atoms with Gasteiger partial charge in [0.2, 0.25) is 11.8 Å². The largest absolute Gasteiger partial charge is 0.353 e. The summed E-state index contributed by atoms with van der Waals surface area (Å²) in [5, 5.41) is 5.60. The average Bonchev–Trinajstić information content (AvgIpc) is 2.60. The second kappa shape index (κ2) is 9.12. The first-order valence-electron chi connectivity index (χ1n) is 8.81. The van der Waals surface area contributed by atoms with Crippen molar-refractivity contribution in [3.05, 3.63) is 29.8 Å². The van der Waals surface area contributed by atoms with Crippen molar-refractivity contribution < 1.29 is 19.2 Å². The molecule has 1 saturated heterocycles. The number of ketones is 1. The lowest BCUT2D eigenvalue weighted by atomic mass is 10.0. The number of rotatable bonds is 6. The summed E-state index contributed by atoms with van der Waals surface area (Å²) < 4.78 is 0. The third kappa shape index (κ3) is 5.98. The van der Waals surface area contributed by atoms with Crippen LogP contribution >= 0.6 is 0 Å². The van der Waals surface area contributed by atoms with Gasteiger partial charge in [0.1, 0.15) is 5.78 Å². The van der Waals surface area contributed by atoms with E-state index in [2.05, 4.69) is 10.6 Å². The Morgan fingerprint density at radius 2 is 1.77 bits per heavy atom. The molecule has 1 heterocycles. The lowest BCUT2D eigenvalue weighted by Crippen LogP contribution is -2.46. The number of hydrogen-bond acceptors (Lipinski definition) is 4. The molecular weight excluding hydrogens is 334 g/mol. The molecule has 1 aromatic carbocycles. The van der Waals surface area contributed by atoms with E-state index in [1.165, 1.54) is 13.8 Å². The maximum absolute atomic E-state index is 12.6. The SMILES string of the molecule is CC(=O)CCC(=O)NC1CCN(C(=O)c2cccc(NC(C)=O)c2)CC1. The van der Waals surface area contributed by atoms with E-state index in [-0.39, 0.29) is 42.4 Å². The smallest absolute Gasteiger partial charge is 0.253 e. The molecule has 0 saturated carbocycles. The minimum Gasteiger partial charge on any atom is -0.353 e. The Hall–Kier alpha value is -2.70. The summed E-state index contributed by atoms with van der Waals surface area (Å²) >= 11 is 0. The van der Waals surface area contributed by atoms with Gasteiger partial charge in [0.05, 0.1) is 0 Å². The number of Topliss-reactive ketones (excluding diaryl/α,β-unsaturated/α-hetero) is 1. The molecule has 0 spiro atoms. The van der Waals surface area contributed by atoms with Crippen LogP contribution in [0.5, 0.6) is 0 Å². The van der Waals surface area contributed by atoms with Crippen LogP contribution in [0.4, 0.5) is 5.69 Å². The molecule has 1 fully saturated rings. The highest BCUT2D eigenvalue weighted by Crippen LogP contribution is 2.17. The summed E-state index contributed by atoms with van der Waals surface area (Å²) in [6.45, 7) is 4.00. The number of nitrogens with zero attached hydrogens (tertiary/aromatic N) is 1. The Balaban J connectivity index is 1.85. The second-order valence-electron chi connectivity index (χ2n) is 6.60. The lowest BCUT2D eigenvalue weighted by molar-refractivity contribution is -0.125. The first-order chi connectivity index (χ1) is 12.3. The fourth-order valence-corrected chi connectivity index (χ4v) is 2.93. The van der Waals surface area contributed by atoms with Gasteiger partial charge in [-0.05, 0) is 38.0 Å². The zero-order valence-corrected chi connectivity index (χ0v) is 15.2. The summed E-state index contributed by atoms with van der Waals surface area (Å²) in [7, 11) is 0. The van der Waals surface area contributed by atoms with Crippen molar-refractivity contribution >= 4 is 29.2 Å². The quantitative estimate of drug-likeness (QED) is 0.809. The Bertz CT molecular complexity index is 694.